The Morgan fingerprint density at radius 1 is 1.20 bits per heavy atom. The first-order valence-corrected chi connectivity index (χ1v) is 12.0. The summed E-state index contributed by atoms with van der Waals surface area (Å²) in [4.78, 5) is 3.97. The van der Waals surface area contributed by atoms with Gasteiger partial charge in [-0.3, -0.25) is 4.57 Å². The zero-order valence-electron chi connectivity index (χ0n) is 15.5. The molecule has 1 atom stereocenters. The fourth-order valence-corrected chi connectivity index (χ4v) is 2.51. The topological polar surface area (TPSA) is 45.5 Å². The van der Waals surface area contributed by atoms with Crippen LogP contribution in [0.1, 0.15) is 19.3 Å². The van der Waals surface area contributed by atoms with Crippen LogP contribution in [-0.2, 0) is 14.2 Å². The maximum absolute atomic E-state index is 5.82. The summed E-state index contributed by atoms with van der Waals surface area (Å²) in [5.41, 5.74) is 3.22. The van der Waals surface area contributed by atoms with Crippen LogP contribution in [-0.4, -0.2) is 49.4 Å². The third-order valence-corrected chi connectivity index (χ3v) is 4.31. The Morgan fingerprint density at radius 3 is 2.48 bits per heavy atom. The summed E-state index contributed by atoms with van der Waals surface area (Å²) in [5, 5.41) is 0.324. The second-order valence-electron chi connectivity index (χ2n) is 6.44. The quantitative estimate of drug-likeness (QED) is 0.316. The van der Waals surface area contributed by atoms with Gasteiger partial charge in [-0.15, -0.1) is 5.54 Å². The molecular formula is C18H26N2O3SSi. The molecule has 1 heterocycles. The van der Waals surface area contributed by atoms with Gasteiger partial charge in [-0.25, -0.2) is 4.98 Å². The highest BCUT2D eigenvalue weighted by atomic mass is 32.1. The van der Waals surface area contributed by atoms with E-state index in [9.17, 15) is 0 Å². The molecule has 25 heavy (non-hydrogen) atoms. The van der Waals surface area contributed by atoms with Gasteiger partial charge < -0.3 is 14.2 Å². The maximum atomic E-state index is 5.82. The predicted molar refractivity (Wildman–Crippen MR) is 106 cm³/mol. The van der Waals surface area contributed by atoms with Crippen LogP contribution >= 0.6 is 12.2 Å². The van der Waals surface area contributed by atoms with Crippen LogP contribution < -0.4 is 0 Å². The second kappa shape index (κ2) is 11.1. The van der Waals surface area contributed by atoms with Crippen molar-refractivity contribution in [3.8, 4) is 23.3 Å². The van der Waals surface area contributed by atoms with Gasteiger partial charge in [-0.05, 0) is 49.2 Å². The van der Waals surface area contributed by atoms with Crippen molar-refractivity contribution in [1.29, 1.82) is 0 Å². The van der Waals surface area contributed by atoms with Crippen molar-refractivity contribution in [3.05, 3.63) is 18.7 Å². The first-order valence-electron chi connectivity index (χ1n) is 8.13. The van der Waals surface area contributed by atoms with Gasteiger partial charge in [0.25, 0.3) is 5.17 Å². The van der Waals surface area contributed by atoms with E-state index in [4.69, 9.17) is 26.4 Å². The zero-order valence-corrected chi connectivity index (χ0v) is 17.4. The van der Waals surface area contributed by atoms with E-state index in [1.54, 1.807) is 37.5 Å². The van der Waals surface area contributed by atoms with Gasteiger partial charge in [0, 0.05) is 26.6 Å². The molecule has 136 valence electrons. The van der Waals surface area contributed by atoms with E-state index in [0.717, 1.165) is 12.8 Å². The van der Waals surface area contributed by atoms with Gasteiger partial charge in [-0.2, -0.15) is 0 Å². The second-order valence-corrected chi connectivity index (χ2v) is 11.5. The summed E-state index contributed by atoms with van der Waals surface area (Å²) < 4.78 is 17.9. The third-order valence-electron chi connectivity index (χ3n) is 3.12. The summed E-state index contributed by atoms with van der Waals surface area (Å²) in [7, 11) is 1.82. The molecule has 0 aliphatic rings. The van der Waals surface area contributed by atoms with Crippen molar-refractivity contribution < 1.29 is 14.2 Å². The lowest BCUT2D eigenvalue weighted by molar-refractivity contribution is -0.107. The SMILES string of the molecule is COC(CCCC(C#CC#C[Si](C)(C)C)OC(=S)n1ccnc1)OC. The first kappa shape index (κ1) is 21.4. The van der Waals surface area contributed by atoms with Crippen LogP contribution in [0.2, 0.25) is 19.6 Å². The molecule has 5 nitrogen and oxygen atoms in total. The van der Waals surface area contributed by atoms with Crippen molar-refractivity contribution >= 4 is 25.5 Å². The minimum Gasteiger partial charge on any atom is -0.454 e. The molecule has 0 aromatic carbocycles. The molecule has 0 saturated heterocycles. The fraction of sp³-hybridized carbons (Fsp3) is 0.556. The number of imidazole rings is 1. The molecule has 1 unspecified atom stereocenters. The minimum atomic E-state index is -1.43. The average molecular weight is 379 g/mol. The molecule has 1 aromatic rings. The van der Waals surface area contributed by atoms with Gasteiger partial charge in [0.05, 0.1) is 0 Å². The zero-order chi connectivity index (χ0) is 18.7. The summed E-state index contributed by atoms with van der Waals surface area (Å²) >= 11 is 5.29. The molecule has 7 heteroatoms. The highest BCUT2D eigenvalue weighted by Crippen LogP contribution is 2.10. The smallest absolute Gasteiger partial charge is 0.270 e. The predicted octanol–water partition coefficient (Wildman–Crippen LogP) is 3.07. The molecule has 1 aromatic heterocycles. The van der Waals surface area contributed by atoms with E-state index in [2.05, 4.69) is 47.9 Å². The van der Waals surface area contributed by atoms with E-state index in [0.29, 0.717) is 11.6 Å². The highest BCUT2D eigenvalue weighted by molar-refractivity contribution is 7.80. The molecule has 1 rings (SSSR count). The van der Waals surface area contributed by atoms with Gasteiger partial charge in [-0.1, -0.05) is 19.6 Å². The number of ether oxygens (including phenoxy) is 3. The Kier molecular flexibility index (Phi) is 9.47. The normalized spacial score (nSPS) is 11.9. The molecule has 0 spiro atoms. The largest absolute Gasteiger partial charge is 0.454 e. The number of hydrogen-bond donors (Lipinski definition) is 0. The molecular weight excluding hydrogens is 352 g/mol. The number of methoxy groups -OCH3 is 2. The summed E-state index contributed by atoms with van der Waals surface area (Å²) in [6.07, 6.45) is 6.73. The lowest BCUT2D eigenvalue weighted by Crippen LogP contribution is -2.21. The molecule has 0 aliphatic heterocycles. The Hall–Kier alpha value is -1.64. The number of thiocarbonyl (C=S) groups is 1. The monoisotopic (exact) mass is 378 g/mol. The van der Waals surface area contributed by atoms with Crippen LogP contribution in [0.25, 0.3) is 0 Å². The minimum absolute atomic E-state index is 0.221. The number of nitrogens with zero attached hydrogens (tertiary/aromatic N) is 2. The maximum Gasteiger partial charge on any atom is 0.270 e. The summed E-state index contributed by atoms with van der Waals surface area (Å²) in [6.45, 7) is 6.54. The lowest BCUT2D eigenvalue weighted by atomic mass is 10.1. The summed E-state index contributed by atoms with van der Waals surface area (Å²) in [5.74, 6) is 8.92. The van der Waals surface area contributed by atoms with Gasteiger partial charge in [0.1, 0.15) is 14.4 Å². The first-order chi connectivity index (χ1) is 11.9. The average Bonchev–Trinajstić information content (AvgIpc) is 3.09. The lowest BCUT2D eigenvalue weighted by Gasteiger charge is -2.16. The third kappa shape index (κ3) is 9.42. The number of rotatable bonds is 7. The number of hydrogen-bond acceptors (Lipinski definition) is 5. The molecule has 0 fully saturated rings. The van der Waals surface area contributed by atoms with Gasteiger partial charge >= 0.3 is 0 Å². The molecule has 0 saturated carbocycles. The highest BCUT2D eigenvalue weighted by Gasteiger charge is 2.13. The van der Waals surface area contributed by atoms with E-state index < -0.39 is 8.07 Å². The van der Waals surface area contributed by atoms with Gasteiger partial charge in [0.2, 0.25) is 0 Å². The Labute approximate surface area is 157 Å². The van der Waals surface area contributed by atoms with Crippen LogP contribution in [0.4, 0.5) is 0 Å². The van der Waals surface area contributed by atoms with Crippen molar-refractivity contribution in [2.75, 3.05) is 14.2 Å². The Morgan fingerprint density at radius 2 is 1.92 bits per heavy atom. The molecule has 0 amide bonds. The summed E-state index contributed by atoms with van der Waals surface area (Å²) in [6, 6.07) is 0. The molecule has 0 aliphatic carbocycles. The Balaban J connectivity index is 2.70. The van der Waals surface area contributed by atoms with E-state index in [1.165, 1.54) is 0 Å². The van der Waals surface area contributed by atoms with E-state index in [-0.39, 0.29) is 12.4 Å². The van der Waals surface area contributed by atoms with Crippen LogP contribution in [0.5, 0.6) is 0 Å². The molecule has 0 radical (unpaired) electrons. The molecule has 0 N–H and O–H groups in total. The van der Waals surface area contributed by atoms with Crippen molar-refractivity contribution in [2.24, 2.45) is 0 Å². The van der Waals surface area contributed by atoms with Gasteiger partial charge in [0.15, 0.2) is 12.4 Å². The van der Waals surface area contributed by atoms with E-state index >= 15 is 0 Å². The van der Waals surface area contributed by atoms with E-state index in [1.807, 2.05) is 0 Å². The van der Waals surface area contributed by atoms with Crippen molar-refractivity contribution in [2.45, 2.75) is 51.3 Å². The molecule has 0 bridgehead atoms. The van der Waals surface area contributed by atoms with Crippen LogP contribution in [0.3, 0.4) is 0 Å². The fourth-order valence-electron chi connectivity index (χ4n) is 1.85. The van der Waals surface area contributed by atoms with Crippen LogP contribution in [0.15, 0.2) is 18.7 Å². The standard InChI is InChI=1S/C18H26N2O3SSi/c1-21-17(22-2)11-8-10-16(9-6-7-14-25(3,4)5)23-18(24)20-13-12-19-15-20/h12-13,15-17H,8,10-11H2,1-5H3. The van der Waals surface area contributed by atoms with Crippen molar-refractivity contribution in [3.63, 3.8) is 0 Å². The number of aromatic nitrogens is 2. The van der Waals surface area contributed by atoms with Crippen molar-refractivity contribution in [1.82, 2.24) is 9.55 Å². The Bertz CT molecular complexity index is 644. The van der Waals surface area contributed by atoms with Crippen LogP contribution in [0, 0.1) is 23.3 Å².